The van der Waals surface area contributed by atoms with Crippen molar-refractivity contribution in [3.8, 4) is 0 Å². The molecule has 30 heavy (non-hydrogen) atoms. The van der Waals surface area contributed by atoms with Crippen molar-refractivity contribution in [3.05, 3.63) is 82.1 Å². The number of nitrogens with zero attached hydrogens (tertiary/aromatic N) is 1. The van der Waals surface area contributed by atoms with Crippen molar-refractivity contribution < 1.29 is 14.0 Å². The summed E-state index contributed by atoms with van der Waals surface area (Å²) in [6.07, 6.45) is 0.518. The van der Waals surface area contributed by atoms with Crippen LogP contribution >= 0.6 is 11.3 Å². The molecule has 4 rings (SSSR count). The number of carbonyl (C=O) groups excluding carboxylic acids is 2. The molecule has 0 aliphatic heterocycles. The summed E-state index contributed by atoms with van der Waals surface area (Å²) in [5, 5.41) is 7.37. The van der Waals surface area contributed by atoms with Crippen molar-refractivity contribution in [3.63, 3.8) is 0 Å². The van der Waals surface area contributed by atoms with Gasteiger partial charge in [-0.2, -0.15) is 0 Å². The third-order valence-corrected chi connectivity index (χ3v) is 5.38. The molecule has 0 spiro atoms. The fourth-order valence-corrected chi connectivity index (χ4v) is 3.69. The van der Waals surface area contributed by atoms with Crippen molar-refractivity contribution in [2.45, 2.75) is 12.8 Å². The number of imidazole rings is 1. The van der Waals surface area contributed by atoms with Crippen LogP contribution < -0.4 is 10.6 Å². The highest BCUT2D eigenvalue weighted by Gasteiger charge is 2.10. The maximum absolute atomic E-state index is 13.9. The molecule has 0 aliphatic rings. The van der Waals surface area contributed by atoms with E-state index in [0.29, 0.717) is 28.4 Å². The minimum absolute atomic E-state index is 0.163. The van der Waals surface area contributed by atoms with Gasteiger partial charge in [0.25, 0.3) is 5.91 Å². The lowest BCUT2D eigenvalue weighted by Crippen LogP contribution is -2.27. The first-order valence-electron chi connectivity index (χ1n) is 9.42. The molecule has 2 aromatic heterocycles. The van der Waals surface area contributed by atoms with E-state index in [2.05, 4.69) is 20.6 Å². The van der Waals surface area contributed by atoms with Gasteiger partial charge in [0.1, 0.15) is 11.6 Å². The predicted molar refractivity (Wildman–Crippen MR) is 115 cm³/mol. The summed E-state index contributed by atoms with van der Waals surface area (Å²) < 4.78 is 13.9. The van der Waals surface area contributed by atoms with Crippen molar-refractivity contribution >= 4 is 39.9 Å². The highest BCUT2D eigenvalue weighted by molar-refractivity contribution is 7.12. The second-order valence-electron chi connectivity index (χ2n) is 6.71. The zero-order valence-corrected chi connectivity index (χ0v) is 16.8. The molecular formula is C22H19FN4O2S. The second-order valence-corrected chi connectivity index (χ2v) is 7.66. The lowest BCUT2D eigenvalue weighted by Gasteiger charge is -2.06. The van der Waals surface area contributed by atoms with Crippen LogP contribution in [0.5, 0.6) is 0 Å². The Morgan fingerprint density at radius 3 is 2.77 bits per heavy atom. The van der Waals surface area contributed by atoms with Crippen molar-refractivity contribution in [1.82, 2.24) is 15.3 Å². The Morgan fingerprint density at radius 1 is 1.10 bits per heavy atom. The number of carbonyl (C=O) groups is 2. The largest absolute Gasteiger partial charge is 0.351 e. The van der Waals surface area contributed by atoms with Crippen molar-refractivity contribution in [2.24, 2.45) is 0 Å². The van der Waals surface area contributed by atoms with Crippen molar-refractivity contribution in [2.75, 3.05) is 11.9 Å². The molecule has 0 bridgehead atoms. The number of H-pyrrole nitrogens is 1. The van der Waals surface area contributed by atoms with Crippen LogP contribution in [0.1, 0.15) is 27.5 Å². The molecule has 0 unspecified atom stereocenters. The smallest absolute Gasteiger partial charge is 0.261 e. The number of hydrogen-bond acceptors (Lipinski definition) is 4. The minimum Gasteiger partial charge on any atom is -0.351 e. The van der Waals surface area contributed by atoms with Crippen LogP contribution in [0.4, 0.5) is 10.1 Å². The molecule has 0 fully saturated rings. The average Bonchev–Trinajstić information content (AvgIpc) is 3.39. The Balaban J connectivity index is 1.34. The van der Waals surface area contributed by atoms with E-state index in [-0.39, 0.29) is 30.6 Å². The predicted octanol–water partition coefficient (Wildman–Crippen LogP) is 4.11. The van der Waals surface area contributed by atoms with E-state index in [1.165, 1.54) is 17.4 Å². The summed E-state index contributed by atoms with van der Waals surface area (Å²) in [4.78, 5) is 32.3. The Hall–Kier alpha value is -3.52. The number of hydrogen-bond donors (Lipinski definition) is 3. The fraction of sp³-hybridized carbons (Fsp3) is 0.136. The van der Waals surface area contributed by atoms with Crippen LogP contribution in [-0.4, -0.2) is 28.3 Å². The van der Waals surface area contributed by atoms with E-state index < -0.39 is 0 Å². The van der Waals surface area contributed by atoms with Gasteiger partial charge in [-0.15, -0.1) is 11.3 Å². The molecule has 152 valence electrons. The molecular weight excluding hydrogens is 403 g/mol. The summed E-state index contributed by atoms with van der Waals surface area (Å²) in [6, 6.07) is 15.5. The normalized spacial score (nSPS) is 10.8. The van der Waals surface area contributed by atoms with Gasteiger partial charge in [-0.3, -0.25) is 9.59 Å². The van der Waals surface area contributed by atoms with Gasteiger partial charge in [0, 0.05) is 25.1 Å². The topological polar surface area (TPSA) is 86.9 Å². The monoisotopic (exact) mass is 422 g/mol. The molecule has 0 atom stereocenters. The van der Waals surface area contributed by atoms with Gasteiger partial charge < -0.3 is 15.6 Å². The van der Waals surface area contributed by atoms with Crippen LogP contribution in [-0.2, 0) is 11.2 Å². The number of halogens is 1. The Labute approximate surface area is 176 Å². The van der Waals surface area contributed by atoms with Gasteiger partial charge in [0.15, 0.2) is 0 Å². The Kier molecular flexibility index (Phi) is 5.85. The molecule has 4 aromatic rings. The third-order valence-electron chi connectivity index (χ3n) is 4.51. The van der Waals surface area contributed by atoms with Crippen LogP contribution in [0.2, 0.25) is 0 Å². The number of aromatic amines is 1. The molecule has 6 nitrogen and oxygen atoms in total. The molecule has 0 saturated heterocycles. The van der Waals surface area contributed by atoms with E-state index in [0.717, 1.165) is 11.0 Å². The SMILES string of the molecule is O=C(CCNC(=O)c1cccs1)Nc1ccc2nc(Cc3ccccc3F)[nH]c2c1. The number of aromatic nitrogens is 2. The maximum Gasteiger partial charge on any atom is 0.261 e. The summed E-state index contributed by atoms with van der Waals surface area (Å²) in [5.74, 6) is -0.00192. The number of rotatable bonds is 7. The lowest BCUT2D eigenvalue weighted by atomic mass is 10.1. The quantitative estimate of drug-likeness (QED) is 0.419. The van der Waals surface area contributed by atoms with Crippen LogP contribution in [0.15, 0.2) is 60.0 Å². The van der Waals surface area contributed by atoms with Crippen molar-refractivity contribution in [1.29, 1.82) is 0 Å². The van der Waals surface area contributed by atoms with Gasteiger partial charge >= 0.3 is 0 Å². The van der Waals surface area contributed by atoms with E-state index in [4.69, 9.17) is 0 Å². The highest BCUT2D eigenvalue weighted by Crippen LogP contribution is 2.19. The summed E-state index contributed by atoms with van der Waals surface area (Å²) in [6.45, 7) is 0.252. The third kappa shape index (κ3) is 4.72. The molecule has 0 radical (unpaired) electrons. The maximum atomic E-state index is 13.9. The first-order chi connectivity index (χ1) is 14.6. The first kappa shape index (κ1) is 19.8. The molecule has 2 aromatic carbocycles. The molecule has 2 heterocycles. The standard InChI is InChI=1S/C22H19FN4O2S/c23-16-5-2-1-4-14(16)12-20-26-17-8-7-15(13-18(17)27-20)25-21(28)9-10-24-22(29)19-6-3-11-30-19/h1-8,11,13H,9-10,12H2,(H,24,29)(H,25,28)(H,26,27). The average molecular weight is 422 g/mol. The first-order valence-corrected chi connectivity index (χ1v) is 10.3. The molecule has 0 aliphatic carbocycles. The van der Waals surface area contributed by atoms with E-state index in [1.54, 1.807) is 48.5 Å². The van der Waals surface area contributed by atoms with Crippen LogP contribution in [0.3, 0.4) is 0 Å². The van der Waals surface area contributed by atoms with E-state index >= 15 is 0 Å². The zero-order valence-electron chi connectivity index (χ0n) is 15.9. The number of benzene rings is 2. The molecule has 8 heteroatoms. The van der Waals surface area contributed by atoms with E-state index in [9.17, 15) is 14.0 Å². The number of anilines is 1. The highest BCUT2D eigenvalue weighted by atomic mass is 32.1. The lowest BCUT2D eigenvalue weighted by molar-refractivity contribution is -0.116. The number of thiophene rings is 1. The fourth-order valence-electron chi connectivity index (χ4n) is 3.05. The van der Waals surface area contributed by atoms with Gasteiger partial charge in [-0.05, 0) is 41.3 Å². The van der Waals surface area contributed by atoms with Crippen LogP contribution in [0, 0.1) is 5.82 Å². The second kappa shape index (κ2) is 8.87. The molecule has 2 amide bonds. The van der Waals surface area contributed by atoms with Gasteiger partial charge in [-0.25, -0.2) is 9.37 Å². The van der Waals surface area contributed by atoms with Gasteiger partial charge in [-0.1, -0.05) is 24.3 Å². The number of amides is 2. The van der Waals surface area contributed by atoms with Crippen LogP contribution in [0.25, 0.3) is 11.0 Å². The molecule has 3 N–H and O–H groups in total. The van der Waals surface area contributed by atoms with E-state index in [1.807, 2.05) is 5.38 Å². The number of fused-ring (bicyclic) bond motifs is 1. The summed E-state index contributed by atoms with van der Waals surface area (Å²) in [5.41, 5.74) is 2.68. The Morgan fingerprint density at radius 2 is 1.97 bits per heavy atom. The summed E-state index contributed by atoms with van der Waals surface area (Å²) >= 11 is 1.35. The zero-order chi connectivity index (χ0) is 20.9. The minimum atomic E-state index is -0.267. The van der Waals surface area contributed by atoms with Gasteiger partial charge in [0.05, 0.1) is 15.9 Å². The number of nitrogens with one attached hydrogen (secondary N) is 3. The Bertz CT molecular complexity index is 1190. The molecule has 0 saturated carbocycles. The van der Waals surface area contributed by atoms with Gasteiger partial charge in [0.2, 0.25) is 5.91 Å². The summed E-state index contributed by atoms with van der Waals surface area (Å²) in [7, 11) is 0.